The predicted octanol–water partition coefficient (Wildman–Crippen LogP) is 1.75. The van der Waals surface area contributed by atoms with Gasteiger partial charge in [0.05, 0.1) is 28.9 Å². The van der Waals surface area contributed by atoms with E-state index >= 15 is 0 Å². The molecule has 3 rings (SSSR count). The lowest BCUT2D eigenvalue weighted by Gasteiger charge is -2.20. The van der Waals surface area contributed by atoms with Gasteiger partial charge in [0.25, 0.3) is 5.56 Å². The smallest absolute Gasteiger partial charge is 0.295 e. The van der Waals surface area contributed by atoms with E-state index in [2.05, 4.69) is 20.7 Å². The molecule has 0 unspecified atom stereocenters. The molecule has 0 radical (unpaired) electrons. The first-order valence-corrected chi connectivity index (χ1v) is 15.0. The number of hydrogen-bond donors (Lipinski definition) is 4. The summed E-state index contributed by atoms with van der Waals surface area (Å²) in [6, 6.07) is 13.0. The van der Waals surface area contributed by atoms with Crippen molar-refractivity contribution < 1.29 is 22.8 Å². The Morgan fingerprint density at radius 1 is 0.905 bits per heavy atom. The van der Waals surface area contributed by atoms with Gasteiger partial charge < -0.3 is 16.0 Å². The van der Waals surface area contributed by atoms with Gasteiger partial charge in [-0.05, 0) is 57.4 Å². The number of nitrogens with zero attached hydrogens (tertiary/aromatic N) is 2. The summed E-state index contributed by atoms with van der Waals surface area (Å²) in [5.74, 6) is -1.92. The summed E-state index contributed by atoms with van der Waals surface area (Å²) in [7, 11) is -2.25. The molecule has 42 heavy (non-hydrogen) atoms. The molecular formula is C29H38N6O6S. The lowest BCUT2D eigenvalue weighted by molar-refractivity contribution is -0.128. The van der Waals surface area contributed by atoms with Crippen LogP contribution in [0.25, 0.3) is 5.69 Å². The van der Waals surface area contributed by atoms with E-state index in [1.807, 2.05) is 26.8 Å². The van der Waals surface area contributed by atoms with E-state index in [4.69, 9.17) is 0 Å². The fourth-order valence-corrected chi connectivity index (χ4v) is 5.47. The van der Waals surface area contributed by atoms with Gasteiger partial charge >= 0.3 is 0 Å². The molecule has 226 valence electrons. The number of hydrogen-bond acceptors (Lipinski definition) is 6. The highest BCUT2D eigenvalue weighted by Gasteiger charge is 2.27. The summed E-state index contributed by atoms with van der Waals surface area (Å²) >= 11 is 0. The Bertz CT molecular complexity index is 1590. The Hall–Kier alpha value is -4.23. The van der Waals surface area contributed by atoms with Gasteiger partial charge in [-0.25, -0.2) is 13.1 Å². The number of carbonyl (C=O) groups excluding carboxylic acids is 3. The van der Waals surface area contributed by atoms with Crippen LogP contribution in [0.15, 0.2) is 64.3 Å². The molecule has 0 aliphatic rings. The molecule has 0 saturated carbocycles. The predicted molar refractivity (Wildman–Crippen MR) is 160 cm³/mol. The van der Waals surface area contributed by atoms with Crippen molar-refractivity contribution in [2.24, 2.45) is 13.0 Å². The summed E-state index contributed by atoms with van der Waals surface area (Å²) in [5, 5.41) is 7.68. The molecule has 2 atom stereocenters. The topological polar surface area (TPSA) is 160 Å². The van der Waals surface area contributed by atoms with Gasteiger partial charge in [-0.2, -0.15) is 4.72 Å². The van der Waals surface area contributed by atoms with Gasteiger partial charge in [-0.15, -0.1) is 0 Å². The summed E-state index contributed by atoms with van der Waals surface area (Å²) in [6.07, 6.45) is 0.275. The van der Waals surface area contributed by atoms with E-state index in [9.17, 15) is 27.6 Å². The Kier molecular flexibility index (Phi) is 10.5. The third kappa shape index (κ3) is 7.95. The molecule has 2 aromatic carbocycles. The third-order valence-corrected chi connectivity index (χ3v) is 8.20. The second kappa shape index (κ2) is 13.6. The molecule has 0 bridgehead atoms. The van der Waals surface area contributed by atoms with Crippen LogP contribution in [0.4, 0.5) is 5.69 Å². The summed E-state index contributed by atoms with van der Waals surface area (Å²) < 4.78 is 30.5. The molecule has 0 aliphatic heterocycles. The van der Waals surface area contributed by atoms with Crippen LogP contribution in [-0.4, -0.2) is 54.1 Å². The second-order valence-corrected chi connectivity index (χ2v) is 12.3. The van der Waals surface area contributed by atoms with Gasteiger partial charge in [-0.1, -0.05) is 49.7 Å². The number of anilines is 1. The van der Waals surface area contributed by atoms with Crippen molar-refractivity contribution in [1.82, 2.24) is 24.7 Å². The molecule has 3 amide bonds. The summed E-state index contributed by atoms with van der Waals surface area (Å²) in [5.41, 5.74) is 1.72. The van der Waals surface area contributed by atoms with Crippen LogP contribution in [-0.2, 0) is 31.5 Å². The number of para-hydroxylation sites is 1. The van der Waals surface area contributed by atoms with E-state index in [0.717, 1.165) is 5.56 Å². The van der Waals surface area contributed by atoms with Crippen molar-refractivity contribution in [3.05, 3.63) is 76.2 Å². The Morgan fingerprint density at radius 3 is 2.12 bits per heavy atom. The number of aryl methyl sites for hydroxylation is 1. The van der Waals surface area contributed by atoms with Crippen LogP contribution < -0.4 is 26.2 Å². The molecule has 12 nitrogen and oxygen atoms in total. The van der Waals surface area contributed by atoms with E-state index in [-0.39, 0.29) is 22.9 Å². The molecule has 13 heteroatoms. The number of benzene rings is 2. The van der Waals surface area contributed by atoms with Gasteiger partial charge in [0.2, 0.25) is 27.7 Å². The molecule has 4 N–H and O–H groups in total. The second-order valence-electron chi connectivity index (χ2n) is 10.5. The van der Waals surface area contributed by atoms with E-state index in [1.165, 1.54) is 23.7 Å². The highest BCUT2D eigenvalue weighted by Crippen LogP contribution is 2.15. The van der Waals surface area contributed by atoms with Crippen LogP contribution in [0.2, 0.25) is 0 Å². The normalized spacial score (nSPS) is 12.9. The third-order valence-electron chi connectivity index (χ3n) is 6.64. The lowest BCUT2D eigenvalue weighted by Crippen LogP contribution is -2.51. The zero-order valence-corrected chi connectivity index (χ0v) is 25.4. The average molecular weight is 599 g/mol. The van der Waals surface area contributed by atoms with Gasteiger partial charge in [0, 0.05) is 7.05 Å². The van der Waals surface area contributed by atoms with Gasteiger partial charge in [0.15, 0.2) is 0 Å². The molecule has 3 aromatic rings. The van der Waals surface area contributed by atoms with Gasteiger partial charge in [0.1, 0.15) is 11.7 Å². The molecular weight excluding hydrogens is 560 g/mol. The Morgan fingerprint density at radius 2 is 1.52 bits per heavy atom. The minimum atomic E-state index is -3.95. The average Bonchev–Trinajstić information content (AvgIpc) is 3.14. The van der Waals surface area contributed by atoms with Crippen molar-refractivity contribution in [1.29, 1.82) is 0 Å². The largest absolute Gasteiger partial charge is 0.346 e. The SMILES string of the molecule is Cc1ccc(S(=O)(=O)N[C@@H](C)C(=O)NCC(=O)N[C@@H](CC(C)C)C(=O)Nc2c(C)n(C)n(-c3ccccc3)c2=O)cc1. The van der Waals surface area contributed by atoms with Crippen molar-refractivity contribution in [3.63, 3.8) is 0 Å². The fraction of sp³-hybridized carbons (Fsp3) is 0.379. The summed E-state index contributed by atoms with van der Waals surface area (Å²) in [4.78, 5) is 51.7. The van der Waals surface area contributed by atoms with Crippen LogP contribution >= 0.6 is 0 Å². The standard InChI is InChI=1S/C29H38N6O6S/c1-18(2)16-24(28(38)32-26-21(5)34(6)35(29(26)39)22-10-8-7-9-11-22)31-25(36)17-30-27(37)20(4)33-42(40,41)23-14-12-19(3)13-15-23/h7-15,18,20,24,33H,16-17H2,1-6H3,(H,30,37)(H,31,36)(H,32,38)/t20-,24-/m0/s1. The quantitative estimate of drug-likeness (QED) is 0.248. The van der Waals surface area contributed by atoms with Crippen molar-refractivity contribution in [2.75, 3.05) is 11.9 Å². The highest BCUT2D eigenvalue weighted by molar-refractivity contribution is 7.89. The first-order valence-electron chi connectivity index (χ1n) is 13.5. The number of sulfonamides is 1. The Labute approximate surface area is 245 Å². The minimum Gasteiger partial charge on any atom is -0.346 e. The zero-order valence-electron chi connectivity index (χ0n) is 24.6. The molecule has 0 fully saturated rings. The van der Waals surface area contributed by atoms with E-state index in [1.54, 1.807) is 55.1 Å². The van der Waals surface area contributed by atoms with Crippen LogP contribution in [0.3, 0.4) is 0 Å². The van der Waals surface area contributed by atoms with E-state index < -0.39 is 51.9 Å². The molecule has 0 spiro atoms. The van der Waals surface area contributed by atoms with Crippen LogP contribution in [0.1, 0.15) is 38.4 Å². The first-order chi connectivity index (χ1) is 19.7. The van der Waals surface area contributed by atoms with Crippen LogP contribution in [0, 0.1) is 19.8 Å². The molecule has 1 aromatic heterocycles. The monoisotopic (exact) mass is 598 g/mol. The Balaban J connectivity index is 1.64. The number of carbonyl (C=O) groups is 3. The minimum absolute atomic E-state index is 0.0113. The first kappa shape index (κ1) is 32.3. The zero-order chi connectivity index (χ0) is 31.2. The highest BCUT2D eigenvalue weighted by atomic mass is 32.2. The molecule has 1 heterocycles. The number of amides is 3. The number of aromatic nitrogens is 2. The van der Waals surface area contributed by atoms with Crippen LogP contribution in [0.5, 0.6) is 0 Å². The maximum absolute atomic E-state index is 13.3. The number of rotatable bonds is 12. The molecule has 0 aliphatic carbocycles. The van der Waals surface area contributed by atoms with Crippen molar-refractivity contribution in [3.8, 4) is 5.69 Å². The van der Waals surface area contributed by atoms with Crippen molar-refractivity contribution in [2.45, 2.75) is 58.0 Å². The lowest BCUT2D eigenvalue weighted by atomic mass is 10.0. The summed E-state index contributed by atoms with van der Waals surface area (Å²) in [6.45, 7) is 8.17. The maximum Gasteiger partial charge on any atom is 0.295 e. The number of nitrogens with one attached hydrogen (secondary N) is 4. The fourth-order valence-electron chi connectivity index (χ4n) is 4.26. The van der Waals surface area contributed by atoms with Gasteiger partial charge in [-0.3, -0.25) is 23.9 Å². The maximum atomic E-state index is 13.3. The van der Waals surface area contributed by atoms with E-state index in [0.29, 0.717) is 11.4 Å². The molecule has 0 saturated heterocycles. The van der Waals surface area contributed by atoms with Crippen molar-refractivity contribution >= 4 is 33.4 Å².